The normalized spacial score (nSPS) is 20.8. The van der Waals surface area contributed by atoms with Gasteiger partial charge in [0.2, 0.25) is 5.91 Å². The molecule has 4 N–H and O–H groups in total. The molecule has 0 radical (unpaired) electrons. The van der Waals surface area contributed by atoms with E-state index >= 15 is 0 Å². The number of carboxylic acids is 1. The molecule has 0 aromatic heterocycles. The summed E-state index contributed by atoms with van der Waals surface area (Å²) < 4.78 is 4.87. The lowest BCUT2D eigenvalue weighted by molar-refractivity contribution is -0.151. The van der Waals surface area contributed by atoms with E-state index in [2.05, 4.69) is 10.6 Å². The van der Waals surface area contributed by atoms with Crippen LogP contribution in [0.15, 0.2) is 41.6 Å². The number of amides is 3. The van der Waals surface area contributed by atoms with Crippen LogP contribution in [0.4, 0.5) is 4.79 Å². The number of β-lactam (4-membered cyclic amide) rings is 1. The molecular weight excluding hydrogens is 430 g/mol. The van der Waals surface area contributed by atoms with E-state index in [0.29, 0.717) is 5.56 Å². The Morgan fingerprint density at radius 1 is 1.23 bits per heavy atom. The van der Waals surface area contributed by atoms with Crippen LogP contribution in [0.3, 0.4) is 0 Å². The van der Waals surface area contributed by atoms with Crippen molar-refractivity contribution < 1.29 is 38.9 Å². The number of nitrogens with one attached hydrogen (secondary N) is 2. The highest BCUT2D eigenvalue weighted by Gasteiger charge is 2.54. The van der Waals surface area contributed by atoms with E-state index in [0.717, 1.165) is 4.90 Å². The number of esters is 1. The van der Waals surface area contributed by atoms with E-state index < -0.39 is 47.3 Å². The number of aliphatic carboxylic acids is 1. The van der Waals surface area contributed by atoms with Gasteiger partial charge in [0.05, 0.1) is 0 Å². The zero-order valence-corrected chi connectivity index (χ0v) is 17.0. The van der Waals surface area contributed by atoms with E-state index in [4.69, 9.17) is 9.84 Å². The molecule has 1 aromatic carbocycles. The van der Waals surface area contributed by atoms with E-state index in [1.807, 2.05) is 0 Å². The molecule has 164 valence electrons. The highest BCUT2D eigenvalue weighted by Crippen LogP contribution is 2.40. The first-order valence-corrected chi connectivity index (χ1v) is 10.1. The molecule has 31 heavy (non-hydrogen) atoms. The smallest absolute Gasteiger partial charge is 0.405 e. The van der Waals surface area contributed by atoms with Crippen LogP contribution in [0.25, 0.3) is 0 Å². The van der Waals surface area contributed by atoms with Crippen LogP contribution in [0, 0.1) is 0 Å². The number of fused-ring (bicyclic) bond motifs is 1. The summed E-state index contributed by atoms with van der Waals surface area (Å²) in [6, 6.07) is 5.85. The summed E-state index contributed by atoms with van der Waals surface area (Å²) in [6.07, 6.45) is -1.41. The van der Waals surface area contributed by atoms with Gasteiger partial charge in [0, 0.05) is 18.2 Å². The fraction of sp³-hybridized carbons (Fsp3) is 0.316. The highest BCUT2D eigenvalue weighted by atomic mass is 32.2. The van der Waals surface area contributed by atoms with Crippen LogP contribution in [0.2, 0.25) is 0 Å². The summed E-state index contributed by atoms with van der Waals surface area (Å²) in [6.45, 7) is 0.935. The number of carbonyl (C=O) groups excluding carboxylic acids is 3. The van der Waals surface area contributed by atoms with Crippen LogP contribution in [0.1, 0.15) is 18.5 Å². The van der Waals surface area contributed by atoms with Gasteiger partial charge in [-0.15, -0.1) is 11.8 Å². The van der Waals surface area contributed by atoms with Gasteiger partial charge in [-0.2, -0.15) is 0 Å². The summed E-state index contributed by atoms with van der Waals surface area (Å²) in [5.41, 5.74) is 0.387. The first-order valence-electron chi connectivity index (χ1n) is 9.08. The zero-order valence-electron chi connectivity index (χ0n) is 16.2. The van der Waals surface area contributed by atoms with Crippen molar-refractivity contribution in [2.75, 3.05) is 12.4 Å². The molecule has 2 unspecified atom stereocenters. The summed E-state index contributed by atoms with van der Waals surface area (Å²) >= 11 is 1.21. The lowest BCUT2D eigenvalue weighted by Crippen LogP contribution is -2.71. The second kappa shape index (κ2) is 9.08. The lowest BCUT2D eigenvalue weighted by Gasteiger charge is -2.49. The number of thioether (sulfide) groups is 1. The van der Waals surface area contributed by atoms with Crippen LogP contribution >= 0.6 is 11.8 Å². The third-order valence-electron chi connectivity index (χ3n) is 4.66. The molecule has 2 aliphatic heterocycles. The number of hydrogen-bond acceptors (Lipinski definition) is 7. The van der Waals surface area contributed by atoms with Gasteiger partial charge in [-0.25, -0.2) is 9.59 Å². The molecule has 3 amide bonds. The van der Waals surface area contributed by atoms with Crippen molar-refractivity contribution in [3.8, 4) is 0 Å². The molecule has 11 nitrogen and oxygen atoms in total. The van der Waals surface area contributed by atoms with E-state index in [-0.39, 0.29) is 23.6 Å². The lowest BCUT2D eigenvalue weighted by atomic mass is 10.0. The van der Waals surface area contributed by atoms with Crippen molar-refractivity contribution in [1.29, 1.82) is 0 Å². The number of ether oxygens (including phenoxy) is 1. The molecule has 3 rings (SSSR count). The standard InChI is InChI=1S/C19H19N3O8S/c1-9(23)30-7-11-8-31-17-13(16(25)22(17)14(11)18(26)27)20-15(24)12(21-19(28)29)10-5-3-2-4-6-10/h2-6,12-13,17,21H,7-8H2,1H3,(H,20,24)(H,26,27)(H,28,29)/t12-,13?,17?/m1/s1. The Hall–Kier alpha value is -3.54. The number of carboxylic acid groups (broad SMARTS) is 2. The molecule has 12 heteroatoms. The van der Waals surface area contributed by atoms with Crippen LogP contribution in [0.5, 0.6) is 0 Å². The minimum Gasteiger partial charge on any atom is -0.477 e. The van der Waals surface area contributed by atoms with Crippen LogP contribution in [-0.4, -0.2) is 68.7 Å². The van der Waals surface area contributed by atoms with Gasteiger partial charge in [0.1, 0.15) is 29.8 Å². The van der Waals surface area contributed by atoms with Gasteiger partial charge in [0.25, 0.3) is 5.91 Å². The Labute approximate surface area is 180 Å². The van der Waals surface area contributed by atoms with Gasteiger partial charge < -0.3 is 25.6 Å². The van der Waals surface area contributed by atoms with Gasteiger partial charge in [-0.1, -0.05) is 30.3 Å². The van der Waals surface area contributed by atoms with Gasteiger partial charge >= 0.3 is 18.0 Å². The predicted molar refractivity (Wildman–Crippen MR) is 107 cm³/mol. The van der Waals surface area contributed by atoms with Gasteiger partial charge in [-0.3, -0.25) is 19.3 Å². The fourth-order valence-electron chi connectivity index (χ4n) is 3.29. The second-order valence-electron chi connectivity index (χ2n) is 6.73. The maximum Gasteiger partial charge on any atom is 0.405 e. The zero-order chi connectivity index (χ0) is 22.7. The van der Waals surface area contributed by atoms with Crippen molar-refractivity contribution in [2.45, 2.75) is 24.4 Å². The molecule has 0 bridgehead atoms. The largest absolute Gasteiger partial charge is 0.477 e. The summed E-state index contributed by atoms with van der Waals surface area (Å²) in [4.78, 5) is 60.4. The number of benzene rings is 1. The number of hydrogen-bond donors (Lipinski definition) is 4. The molecule has 3 atom stereocenters. The van der Waals surface area contributed by atoms with E-state index in [9.17, 15) is 29.1 Å². The number of carbonyl (C=O) groups is 5. The quantitative estimate of drug-likeness (QED) is 0.339. The molecule has 1 fully saturated rings. The first kappa shape index (κ1) is 22.2. The van der Waals surface area contributed by atoms with Gasteiger partial charge in [-0.05, 0) is 5.56 Å². The van der Waals surface area contributed by atoms with Crippen molar-refractivity contribution in [2.24, 2.45) is 0 Å². The molecular formula is C19H19N3O8S. The summed E-state index contributed by atoms with van der Waals surface area (Å²) in [5.74, 6) is -3.13. The first-order chi connectivity index (χ1) is 14.7. The van der Waals surface area contributed by atoms with Gasteiger partial charge in [0.15, 0.2) is 0 Å². The molecule has 2 aliphatic rings. The molecule has 0 spiro atoms. The third-order valence-corrected chi connectivity index (χ3v) is 6.00. The van der Waals surface area contributed by atoms with E-state index in [1.165, 1.54) is 18.7 Å². The minimum absolute atomic E-state index is 0.186. The Morgan fingerprint density at radius 3 is 2.48 bits per heavy atom. The SMILES string of the molecule is CC(=O)OCC1=C(C(=O)O)N2C(=O)C(NC(=O)[C@H](NC(=O)O)c3ccccc3)C2SC1. The Morgan fingerprint density at radius 2 is 1.90 bits per heavy atom. The fourth-order valence-corrected chi connectivity index (χ4v) is 4.62. The van der Waals surface area contributed by atoms with Crippen LogP contribution < -0.4 is 10.6 Å². The van der Waals surface area contributed by atoms with E-state index in [1.54, 1.807) is 30.3 Å². The Balaban J connectivity index is 1.77. The highest BCUT2D eigenvalue weighted by molar-refractivity contribution is 8.00. The Kier molecular flexibility index (Phi) is 6.49. The average Bonchev–Trinajstić information content (AvgIpc) is 2.73. The average molecular weight is 449 g/mol. The van der Waals surface area contributed by atoms with Crippen molar-refractivity contribution >= 4 is 41.6 Å². The maximum absolute atomic E-state index is 12.8. The van der Waals surface area contributed by atoms with Crippen molar-refractivity contribution in [1.82, 2.24) is 15.5 Å². The topological polar surface area (TPSA) is 162 Å². The minimum atomic E-state index is -1.41. The van der Waals surface area contributed by atoms with Crippen molar-refractivity contribution in [3.63, 3.8) is 0 Å². The second-order valence-corrected chi connectivity index (χ2v) is 7.83. The Bertz CT molecular complexity index is 964. The number of nitrogens with zero attached hydrogens (tertiary/aromatic N) is 1. The summed E-state index contributed by atoms with van der Waals surface area (Å²) in [7, 11) is 0. The third kappa shape index (κ3) is 4.63. The van der Waals surface area contributed by atoms with Crippen LogP contribution in [-0.2, 0) is 23.9 Å². The molecule has 0 aliphatic carbocycles. The molecule has 2 heterocycles. The molecule has 1 aromatic rings. The monoisotopic (exact) mass is 449 g/mol. The molecule has 1 saturated heterocycles. The maximum atomic E-state index is 12.8. The van der Waals surface area contributed by atoms with Crippen molar-refractivity contribution in [3.05, 3.63) is 47.2 Å². The summed E-state index contributed by atoms with van der Waals surface area (Å²) in [5, 5.41) is 22.6. The number of rotatable bonds is 7. The predicted octanol–water partition coefficient (Wildman–Crippen LogP) is 0.297. The molecule has 0 saturated carbocycles.